The number of hydrogen-bond donors (Lipinski definition) is 0. The van der Waals surface area contributed by atoms with Crippen LogP contribution in [0.15, 0.2) is 61.1 Å². The van der Waals surface area contributed by atoms with E-state index in [9.17, 15) is 9.59 Å². The molecule has 4 heterocycles. The molecule has 2 amide bonds. The summed E-state index contributed by atoms with van der Waals surface area (Å²) in [5.74, 6) is -0.473. The molecule has 6 heteroatoms. The van der Waals surface area contributed by atoms with E-state index in [-0.39, 0.29) is 23.7 Å². The number of imidazole rings is 1. The van der Waals surface area contributed by atoms with Gasteiger partial charge in [0.1, 0.15) is 5.65 Å². The third kappa shape index (κ3) is 2.82. The zero-order valence-electron chi connectivity index (χ0n) is 14.9. The molecule has 2 aliphatic heterocycles. The van der Waals surface area contributed by atoms with E-state index in [1.165, 1.54) is 4.90 Å². The molecule has 136 valence electrons. The summed E-state index contributed by atoms with van der Waals surface area (Å²) < 4.78 is 1.99. The van der Waals surface area contributed by atoms with Gasteiger partial charge in [0.25, 0.3) is 0 Å². The van der Waals surface area contributed by atoms with Crippen molar-refractivity contribution in [2.45, 2.75) is 13.1 Å². The van der Waals surface area contributed by atoms with Crippen molar-refractivity contribution >= 4 is 17.5 Å². The van der Waals surface area contributed by atoms with Gasteiger partial charge in [0.15, 0.2) is 0 Å². The Labute approximate surface area is 157 Å². The van der Waals surface area contributed by atoms with E-state index in [1.807, 2.05) is 47.0 Å². The summed E-state index contributed by atoms with van der Waals surface area (Å²) in [6.45, 7) is 2.40. The fourth-order valence-electron chi connectivity index (χ4n) is 4.26. The number of fused-ring (bicyclic) bond motifs is 2. The Kier molecular flexibility index (Phi) is 3.79. The molecule has 0 bridgehead atoms. The maximum atomic E-state index is 12.8. The SMILES string of the molecule is O=C1[C@H]2CN(Cc3ccc4nccn4c3)C[C@H]2C(=O)N1Cc1ccccc1. The molecule has 2 aromatic heterocycles. The third-order valence-corrected chi connectivity index (χ3v) is 5.60. The zero-order valence-corrected chi connectivity index (χ0v) is 14.9. The second-order valence-corrected chi connectivity index (χ2v) is 7.39. The summed E-state index contributed by atoms with van der Waals surface area (Å²) in [5, 5.41) is 0. The lowest BCUT2D eigenvalue weighted by atomic mass is 10.00. The summed E-state index contributed by atoms with van der Waals surface area (Å²) in [6, 6.07) is 13.7. The average molecular weight is 360 g/mol. The van der Waals surface area contributed by atoms with Crippen molar-refractivity contribution in [1.29, 1.82) is 0 Å². The molecule has 0 saturated carbocycles. The van der Waals surface area contributed by atoms with E-state index >= 15 is 0 Å². The zero-order chi connectivity index (χ0) is 18.4. The van der Waals surface area contributed by atoms with Crippen molar-refractivity contribution in [3.63, 3.8) is 0 Å². The van der Waals surface area contributed by atoms with Crippen LogP contribution in [0.2, 0.25) is 0 Å². The highest BCUT2D eigenvalue weighted by Crippen LogP contribution is 2.34. The van der Waals surface area contributed by atoms with E-state index in [2.05, 4.69) is 22.1 Å². The van der Waals surface area contributed by atoms with Crippen LogP contribution >= 0.6 is 0 Å². The molecule has 2 aliphatic rings. The molecule has 2 fully saturated rings. The van der Waals surface area contributed by atoms with Gasteiger partial charge in [-0.15, -0.1) is 0 Å². The second kappa shape index (κ2) is 6.32. The molecule has 6 nitrogen and oxygen atoms in total. The topological polar surface area (TPSA) is 57.9 Å². The largest absolute Gasteiger partial charge is 0.307 e. The molecule has 2 atom stereocenters. The molecule has 0 radical (unpaired) electrons. The number of nitrogens with zero attached hydrogens (tertiary/aromatic N) is 4. The van der Waals surface area contributed by atoms with Crippen molar-refractivity contribution in [1.82, 2.24) is 19.2 Å². The number of amides is 2. The van der Waals surface area contributed by atoms with E-state index in [4.69, 9.17) is 0 Å². The monoisotopic (exact) mass is 360 g/mol. The number of carbonyl (C=O) groups excluding carboxylic acids is 2. The van der Waals surface area contributed by atoms with Crippen LogP contribution < -0.4 is 0 Å². The van der Waals surface area contributed by atoms with Crippen LogP contribution in [0.25, 0.3) is 5.65 Å². The fourth-order valence-corrected chi connectivity index (χ4v) is 4.26. The van der Waals surface area contributed by atoms with Crippen LogP contribution in [0.5, 0.6) is 0 Å². The van der Waals surface area contributed by atoms with Crippen LogP contribution in [-0.4, -0.2) is 44.1 Å². The van der Waals surface area contributed by atoms with Crippen LogP contribution in [0.3, 0.4) is 0 Å². The van der Waals surface area contributed by atoms with Gasteiger partial charge in [-0.25, -0.2) is 4.98 Å². The number of hydrogen-bond acceptors (Lipinski definition) is 4. The molecule has 5 rings (SSSR count). The molecule has 1 aromatic carbocycles. The minimum Gasteiger partial charge on any atom is -0.307 e. The summed E-state index contributed by atoms with van der Waals surface area (Å²) in [6.07, 6.45) is 5.76. The molecule has 0 unspecified atom stereocenters. The van der Waals surface area contributed by atoms with Crippen LogP contribution in [-0.2, 0) is 22.7 Å². The molecule has 0 spiro atoms. The number of aromatic nitrogens is 2. The molecular weight excluding hydrogens is 340 g/mol. The molecule has 0 N–H and O–H groups in total. The average Bonchev–Trinajstić information content (AvgIpc) is 3.36. The third-order valence-electron chi connectivity index (χ3n) is 5.60. The van der Waals surface area contributed by atoms with Crippen molar-refractivity contribution < 1.29 is 9.59 Å². The smallest absolute Gasteiger partial charge is 0.234 e. The lowest BCUT2D eigenvalue weighted by molar-refractivity contribution is -0.141. The summed E-state index contributed by atoms with van der Waals surface area (Å²) in [7, 11) is 0. The number of imide groups is 1. The van der Waals surface area contributed by atoms with Crippen molar-refractivity contribution in [2.24, 2.45) is 11.8 Å². The first-order chi connectivity index (χ1) is 13.2. The van der Waals surface area contributed by atoms with Crippen molar-refractivity contribution in [3.05, 3.63) is 72.2 Å². The Bertz CT molecular complexity index is 989. The molecule has 2 saturated heterocycles. The number of carbonyl (C=O) groups is 2. The first-order valence-electron chi connectivity index (χ1n) is 9.22. The Hall–Kier alpha value is -2.99. The van der Waals surface area contributed by atoms with E-state index in [0.29, 0.717) is 19.6 Å². The number of benzene rings is 1. The van der Waals surface area contributed by atoms with Gasteiger partial charge in [0.2, 0.25) is 11.8 Å². The maximum absolute atomic E-state index is 12.8. The first-order valence-corrected chi connectivity index (χ1v) is 9.22. The first kappa shape index (κ1) is 16.2. The van der Waals surface area contributed by atoms with Gasteiger partial charge in [0, 0.05) is 38.2 Å². The lowest BCUT2D eigenvalue weighted by Crippen LogP contribution is -2.35. The molecule has 27 heavy (non-hydrogen) atoms. The predicted octanol–water partition coefficient (Wildman–Crippen LogP) is 1.95. The van der Waals surface area contributed by atoms with Gasteiger partial charge in [-0.3, -0.25) is 19.4 Å². The number of rotatable bonds is 4. The maximum Gasteiger partial charge on any atom is 0.234 e. The van der Waals surface area contributed by atoms with Crippen LogP contribution in [0.1, 0.15) is 11.1 Å². The Balaban J connectivity index is 1.28. The van der Waals surface area contributed by atoms with Gasteiger partial charge in [-0.1, -0.05) is 36.4 Å². The Morgan fingerprint density at radius 2 is 1.63 bits per heavy atom. The van der Waals surface area contributed by atoms with E-state index in [0.717, 1.165) is 23.3 Å². The van der Waals surface area contributed by atoms with Gasteiger partial charge in [-0.05, 0) is 17.2 Å². The Morgan fingerprint density at radius 3 is 2.37 bits per heavy atom. The van der Waals surface area contributed by atoms with Gasteiger partial charge < -0.3 is 4.40 Å². The highest BCUT2D eigenvalue weighted by molar-refractivity contribution is 6.05. The van der Waals surface area contributed by atoms with Crippen molar-refractivity contribution in [2.75, 3.05) is 13.1 Å². The Morgan fingerprint density at radius 1 is 0.889 bits per heavy atom. The molecule has 3 aromatic rings. The minimum atomic E-state index is -0.210. The van der Waals surface area contributed by atoms with E-state index < -0.39 is 0 Å². The van der Waals surface area contributed by atoms with E-state index in [1.54, 1.807) is 6.20 Å². The fraction of sp³-hybridized carbons (Fsp3) is 0.286. The van der Waals surface area contributed by atoms with Gasteiger partial charge in [-0.2, -0.15) is 0 Å². The van der Waals surface area contributed by atoms with Crippen molar-refractivity contribution in [3.8, 4) is 0 Å². The summed E-state index contributed by atoms with van der Waals surface area (Å²) in [4.78, 5) is 33.5. The second-order valence-electron chi connectivity index (χ2n) is 7.39. The number of likely N-dealkylation sites (tertiary alicyclic amines) is 2. The highest BCUT2D eigenvalue weighted by atomic mass is 16.2. The quantitative estimate of drug-likeness (QED) is 0.668. The predicted molar refractivity (Wildman–Crippen MR) is 99.4 cm³/mol. The number of pyridine rings is 1. The minimum absolute atomic E-state index is 0.0265. The molecular formula is C21H20N4O2. The summed E-state index contributed by atoms with van der Waals surface area (Å²) >= 11 is 0. The lowest BCUT2D eigenvalue weighted by Gasteiger charge is -2.20. The van der Waals surface area contributed by atoms with Gasteiger partial charge >= 0.3 is 0 Å². The standard InChI is InChI=1S/C21H20N4O2/c26-20-17-13-23(10-16-6-7-19-22-8-9-24(19)11-16)14-18(17)21(27)25(20)12-15-4-2-1-3-5-15/h1-9,11,17-18H,10,12-14H2/t17-,18+. The van der Waals surface area contributed by atoms with Crippen LogP contribution in [0, 0.1) is 11.8 Å². The molecule has 0 aliphatic carbocycles. The highest BCUT2D eigenvalue weighted by Gasteiger charge is 2.52. The van der Waals surface area contributed by atoms with Crippen LogP contribution in [0.4, 0.5) is 0 Å². The normalized spacial score (nSPS) is 22.7. The van der Waals surface area contributed by atoms with Gasteiger partial charge in [0.05, 0.1) is 18.4 Å². The summed E-state index contributed by atoms with van der Waals surface area (Å²) in [5.41, 5.74) is 3.06.